The van der Waals surface area contributed by atoms with Crippen LogP contribution in [0.4, 0.5) is 0 Å². The van der Waals surface area contributed by atoms with E-state index < -0.39 is 10.2 Å². The van der Waals surface area contributed by atoms with Gasteiger partial charge in [-0.15, -0.1) is 0 Å². The van der Waals surface area contributed by atoms with Crippen molar-refractivity contribution in [2.45, 2.75) is 32.6 Å². The van der Waals surface area contributed by atoms with Gasteiger partial charge in [0.15, 0.2) is 0 Å². The molecule has 2 heterocycles. The SMILES string of the molecule is C[C@@H]1CN(S(=O)(=O)N(C)Cc2ccncc2)C[C@H](C)O1. The average Bonchev–Trinajstić information content (AvgIpc) is 2.38. The second-order valence-corrected chi connectivity index (χ2v) is 7.23. The first kappa shape index (κ1) is 15.4. The van der Waals surface area contributed by atoms with Crippen molar-refractivity contribution in [3.63, 3.8) is 0 Å². The van der Waals surface area contributed by atoms with Gasteiger partial charge in [0.1, 0.15) is 0 Å². The smallest absolute Gasteiger partial charge is 0.282 e. The zero-order valence-electron chi connectivity index (χ0n) is 12.1. The quantitative estimate of drug-likeness (QED) is 0.827. The molecule has 20 heavy (non-hydrogen) atoms. The Morgan fingerprint density at radius 1 is 1.30 bits per heavy atom. The average molecular weight is 299 g/mol. The van der Waals surface area contributed by atoms with E-state index in [-0.39, 0.29) is 12.2 Å². The number of nitrogens with zero attached hydrogens (tertiary/aromatic N) is 3. The second-order valence-electron chi connectivity index (χ2n) is 5.19. The van der Waals surface area contributed by atoms with Gasteiger partial charge in [0, 0.05) is 39.1 Å². The molecule has 1 aromatic heterocycles. The van der Waals surface area contributed by atoms with Crippen molar-refractivity contribution in [2.24, 2.45) is 0 Å². The first-order chi connectivity index (χ1) is 9.39. The molecule has 0 amide bonds. The Bertz CT molecular complexity index is 525. The first-order valence-electron chi connectivity index (χ1n) is 6.65. The Hall–Kier alpha value is -1.02. The van der Waals surface area contributed by atoms with Crippen LogP contribution in [0.15, 0.2) is 24.5 Å². The van der Waals surface area contributed by atoms with Crippen molar-refractivity contribution in [3.8, 4) is 0 Å². The molecule has 1 fully saturated rings. The summed E-state index contributed by atoms with van der Waals surface area (Å²) in [7, 11) is -1.86. The first-order valence-corrected chi connectivity index (χ1v) is 8.05. The zero-order chi connectivity index (χ0) is 14.8. The third kappa shape index (κ3) is 3.54. The minimum absolute atomic E-state index is 0.0807. The number of aromatic nitrogens is 1. The van der Waals surface area contributed by atoms with E-state index in [1.165, 1.54) is 8.61 Å². The van der Waals surface area contributed by atoms with E-state index in [1.54, 1.807) is 19.4 Å². The monoisotopic (exact) mass is 299 g/mol. The maximum Gasteiger partial charge on any atom is 0.282 e. The van der Waals surface area contributed by atoms with Crippen LogP contribution in [-0.2, 0) is 21.5 Å². The van der Waals surface area contributed by atoms with Crippen molar-refractivity contribution >= 4 is 10.2 Å². The summed E-state index contributed by atoms with van der Waals surface area (Å²) in [5.41, 5.74) is 0.917. The van der Waals surface area contributed by atoms with E-state index in [0.29, 0.717) is 19.6 Å². The molecular formula is C13H21N3O3S. The molecule has 0 unspecified atom stereocenters. The highest BCUT2D eigenvalue weighted by molar-refractivity contribution is 7.86. The fraction of sp³-hybridized carbons (Fsp3) is 0.615. The molecule has 6 nitrogen and oxygen atoms in total. The van der Waals surface area contributed by atoms with Gasteiger partial charge >= 0.3 is 0 Å². The van der Waals surface area contributed by atoms with Gasteiger partial charge in [0.2, 0.25) is 0 Å². The van der Waals surface area contributed by atoms with Gasteiger partial charge in [-0.1, -0.05) is 0 Å². The topological polar surface area (TPSA) is 62.7 Å². The van der Waals surface area contributed by atoms with E-state index in [1.807, 2.05) is 26.0 Å². The lowest BCUT2D eigenvalue weighted by atomic mass is 10.3. The Kier molecular flexibility index (Phi) is 4.74. The molecule has 1 saturated heterocycles. The summed E-state index contributed by atoms with van der Waals surface area (Å²) in [6.07, 6.45) is 3.16. The van der Waals surface area contributed by atoms with E-state index in [2.05, 4.69) is 4.98 Å². The summed E-state index contributed by atoms with van der Waals surface area (Å²) in [6, 6.07) is 3.63. The standard InChI is InChI=1S/C13H21N3O3S/c1-11-8-16(9-12(2)19-11)20(17,18)15(3)10-13-4-6-14-7-5-13/h4-7,11-12H,8-10H2,1-3H3/t11-,12+. The summed E-state index contributed by atoms with van der Waals surface area (Å²) in [5.74, 6) is 0. The van der Waals surface area contributed by atoms with Gasteiger partial charge in [-0.2, -0.15) is 17.0 Å². The maximum atomic E-state index is 12.6. The predicted molar refractivity (Wildman–Crippen MR) is 76.2 cm³/mol. The van der Waals surface area contributed by atoms with Crippen LogP contribution in [0.5, 0.6) is 0 Å². The summed E-state index contributed by atoms with van der Waals surface area (Å²) < 4.78 is 33.6. The van der Waals surface area contributed by atoms with Crippen LogP contribution in [0.1, 0.15) is 19.4 Å². The molecule has 0 radical (unpaired) electrons. The van der Waals surface area contributed by atoms with Crippen molar-refractivity contribution < 1.29 is 13.2 Å². The van der Waals surface area contributed by atoms with Crippen LogP contribution in [0.3, 0.4) is 0 Å². The molecule has 7 heteroatoms. The molecule has 1 aliphatic rings. The molecule has 0 spiro atoms. The number of hydrogen-bond donors (Lipinski definition) is 0. The highest BCUT2D eigenvalue weighted by Gasteiger charge is 2.33. The molecule has 0 saturated carbocycles. The second kappa shape index (κ2) is 6.17. The molecule has 0 aliphatic carbocycles. The maximum absolute atomic E-state index is 12.6. The summed E-state index contributed by atoms with van der Waals surface area (Å²) in [6.45, 7) is 4.91. The Balaban J connectivity index is 2.09. The minimum Gasteiger partial charge on any atom is -0.373 e. The molecule has 0 N–H and O–H groups in total. The van der Waals surface area contributed by atoms with Gasteiger partial charge in [-0.3, -0.25) is 4.98 Å². The minimum atomic E-state index is -3.46. The molecule has 1 aliphatic heterocycles. The van der Waals surface area contributed by atoms with E-state index >= 15 is 0 Å². The van der Waals surface area contributed by atoms with E-state index in [0.717, 1.165) is 5.56 Å². The van der Waals surface area contributed by atoms with Gasteiger partial charge < -0.3 is 4.74 Å². The van der Waals surface area contributed by atoms with E-state index in [4.69, 9.17) is 4.74 Å². The fourth-order valence-corrected chi connectivity index (χ4v) is 3.85. The Morgan fingerprint density at radius 2 is 1.85 bits per heavy atom. The van der Waals surface area contributed by atoms with Crippen molar-refractivity contribution in [3.05, 3.63) is 30.1 Å². The van der Waals surface area contributed by atoms with Crippen LogP contribution in [-0.4, -0.2) is 54.4 Å². The Morgan fingerprint density at radius 3 is 2.40 bits per heavy atom. The van der Waals surface area contributed by atoms with Crippen LogP contribution in [0.25, 0.3) is 0 Å². The lowest BCUT2D eigenvalue weighted by Gasteiger charge is -2.36. The molecule has 2 rings (SSSR count). The van der Waals surface area contributed by atoms with Crippen molar-refractivity contribution in [1.82, 2.24) is 13.6 Å². The number of rotatable bonds is 4. The van der Waals surface area contributed by atoms with E-state index in [9.17, 15) is 8.42 Å². The zero-order valence-corrected chi connectivity index (χ0v) is 12.9. The van der Waals surface area contributed by atoms with Crippen molar-refractivity contribution in [2.75, 3.05) is 20.1 Å². The van der Waals surface area contributed by atoms with Gasteiger partial charge in [-0.25, -0.2) is 0 Å². The van der Waals surface area contributed by atoms with Crippen LogP contribution in [0, 0.1) is 0 Å². The summed E-state index contributed by atoms with van der Waals surface area (Å²) in [4.78, 5) is 3.93. The normalized spacial score (nSPS) is 25.0. The Labute approximate surface area is 120 Å². The fourth-order valence-electron chi connectivity index (χ4n) is 2.34. The lowest BCUT2D eigenvalue weighted by Crippen LogP contribution is -2.52. The number of ether oxygens (including phenoxy) is 1. The molecule has 0 aromatic carbocycles. The van der Waals surface area contributed by atoms with Gasteiger partial charge in [0.05, 0.1) is 12.2 Å². The molecule has 0 bridgehead atoms. The van der Waals surface area contributed by atoms with Gasteiger partial charge in [-0.05, 0) is 31.5 Å². The third-order valence-corrected chi connectivity index (χ3v) is 5.13. The molecule has 112 valence electrons. The highest BCUT2D eigenvalue weighted by Crippen LogP contribution is 2.17. The molecule has 2 atom stereocenters. The van der Waals surface area contributed by atoms with Crippen LogP contribution < -0.4 is 0 Å². The highest BCUT2D eigenvalue weighted by atomic mass is 32.2. The van der Waals surface area contributed by atoms with Crippen molar-refractivity contribution in [1.29, 1.82) is 0 Å². The van der Waals surface area contributed by atoms with Crippen LogP contribution >= 0.6 is 0 Å². The number of morpholine rings is 1. The molecule has 1 aromatic rings. The summed E-state index contributed by atoms with van der Waals surface area (Å²) in [5, 5.41) is 0. The van der Waals surface area contributed by atoms with Gasteiger partial charge in [0.25, 0.3) is 10.2 Å². The molecular weight excluding hydrogens is 278 g/mol. The predicted octanol–water partition coefficient (Wildman–Crippen LogP) is 0.867. The summed E-state index contributed by atoms with van der Waals surface area (Å²) >= 11 is 0. The lowest BCUT2D eigenvalue weighted by molar-refractivity contribution is -0.0453. The number of pyridine rings is 1. The third-order valence-electron chi connectivity index (χ3n) is 3.26. The van der Waals surface area contributed by atoms with Crippen LogP contribution in [0.2, 0.25) is 0 Å². The largest absolute Gasteiger partial charge is 0.373 e. The number of hydrogen-bond acceptors (Lipinski definition) is 4.